The average Bonchev–Trinajstić information content (AvgIpc) is 2.07. The average molecular weight is 155 g/mol. The zero-order valence-electron chi connectivity index (χ0n) is 7.25. The van der Waals surface area contributed by atoms with Crippen LogP contribution in [0.4, 0.5) is 0 Å². The molecule has 0 radical (unpaired) electrons. The molecule has 0 N–H and O–H groups in total. The first-order valence-electron chi connectivity index (χ1n) is 4.76. The van der Waals surface area contributed by atoms with E-state index < -0.39 is 0 Å². The van der Waals surface area contributed by atoms with Crippen molar-refractivity contribution in [3.63, 3.8) is 0 Å². The summed E-state index contributed by atoms with van der Waals surface area (Å²) in [6, 6.07) is 0. The van der Waals surface area contributed by atoms with Crippen molar-refractivity contribution in [2.45, 2.75) is 32.4 Å². The van der Waals surface area contributed by atoms with Crippen molar-refractivity contribution in [1.29, 1.82) is 0 Å². The number of hydrogen-bond donors (Lipinski definition) is 0. The lowest BCUT2D eigenvalue weighted by Crippen LogP contribution is -2.49. The molecule has 1 atom stereocenters. The molecular weight excluding hydrogens is 138 g/mol. The van der Waals surface area contributed by atoms with E-state index in [0.29, 0.717) is 6.23 Å². The van der Waals surface area contributed by atoms with Gasteiger partial charge in [0.25, 0.3) is 0 Å². The van der Waals surface area contributed by atoms with Crippen molar-refractivity contribution >= 4 is 0 Å². The molecule has 0 aromatic carbocycles. The molecule has 1 unspecified atom stereocenters. The Bertz CT molecular complexity index is 130. The molecule has 3 heterocycles. The highest BCUT2D eigenvalue weighted by atomic mass is 16.5. The van der Waals surface area contributed by atoms with Crippen molar-refractivity contribution in [2.24, 2.45) is 5.92 Å². The molecule has 11 heavy (non-hydrogen) atoms. The molecule has 0 spiro atoms. The van der Waals surface area contributed by atoms with Gasteiger partial charge in [0, 0.05) is 19.7 Å². The van der Waals surface area contributed by atoms with Crippen LogP contribution in [-0.4, -0.2) is 30.8 Å². The number of hydrogen-bond acceptors (Lipinski definition) is 2. The van der Waals surface area contributed by atoms with Crippen molar-refractivity contribution in [2.75, 3.05) is 19.7 Å². The van der Waals surface area contributed by atoms with E-state index in [4.69, 9.17) is 4.74 Å². The van der Waals surface area contributed by atoms with Gasteiger partial charge in [0.05, 0.1) is 0 Å². The summed E-state index contributed by atoms with van der Waals surface area (Å²) >= 11 is 0. The molecular formula is C9H17NO. The highest BCUT2D eigenvalue weighted by molar-refractivity contribution is 4.82. The third-order valence-corrected chi connectivity index (χ3v) is 2.95. The molecule has 3 aliphatic rings. The Hall–Kier alpha value is -0.0800. The SMILES string of the molecule is CCOC1CC2CCN1CC2. The molecule has 3 rings (SSSR count). The Morgan fingerprint density at radius 2 is 2.09 bits per heavy atom. The van der Waals surface area contributed by atoms with E-state index in [2.05, 4.69) is 11.8 Å². The van der Waals surface area contributed by atoms with Gasteiger partial charge in [0.1, 0.15) is 6.23 Å². The Kier molecular flexibility index (Phi) is 2.14. The van der Waals surface area contributed by atoms with Gasteiger partial charge in [-0.1, -0.05) is 0 Å². The van der Waals surface area contributed by atoms with Crippen LogP contribution in [0.15, 0.2) is 0 Å². The van der Waals surface area contributed by atoms with Crippen LogP contribution in [0, 0.1) is 5.92 Å². The van der Waals surface area contributed by atoms with Crippen LogP contribution >= 0.6 is 0 Å². The minimum Gasteiger partial charge on any atom is -0.363 e. The van der Waals surface area contributed by atoms with Crippen molar-refractivity contribution < 1.29 is 4.74 Å². The minimum absolute atomic E-state index is 0.465. The molecule has 3 aliphatic heterocycles. The number of ether oxygens (including phenoxy) is 1. The van der Waals surface area contributed by atoms with Gasteiger partial charge in [-0.05, 0) is 32.1 Å². The first kappa shape index (κ1) is 7.56. The topological polar surface area (TPSA) is 12.5 Å². The summed E-state index contributed by atoms with van der Waals surface area (Å²) in [5, 5.41) is 0. The van der Waals surface area contributed by atoms with Gasteiger partial charge in [-0.15, -0.1) is 0 Å². The fourth-order valence-corrected chi connectivity index (χ4v) is 2.28. The van der Waals surface area contributed by atoms with Crippen LogP contribution in [-0.2, 0) is 4.74 Å². The van der Waals surface area contributed by atoms with Crippen LogP contribution in [0.2, 0.25) is 0 Å². The number of fused-ring (bicyclic) bond motifs is 3. The first-order chi connectivity index (χ1) is 5.40. The Morgan fingerprint density at radius 1 is 1.36 bits per heavy atom. The molecule has 3 fully saturated rings. The van der Waals surface area contributed by atoms with E-state index in [-0.39, 0.29) is 0 Å². The quantitative estimate of drug-likeness (QED) is 0.598. The summed E-state index contributed by atoms with van der Waals surface area (Å²) < 4.78 is 5.64. The zero-order chi connectivity index (χ0) is 7.68. The maximum Gasteiger partial charge on any atom is 0.110 e. The number of rotatable bonds is 2. The van der Waals surface area contributed by atoms with Gasteiger partial charge in [-0.3, -0.25) is 4.90 Å². The predicted molar refractivity (Wildman–Crippen MR) is 44.3 cm³/mol. The molecule has 2 bridgehead atoms. The normalized spacial score (nSPS) is 42.8. The summed E-state index contributed by atoms with van der Waals surface area (Å²) in [6.45, 7) is 5.50. The molecule has 0 aromatic rings. The molecule has 64 valence electrons. The monoisotopic (exact) mass is 155 g/mol. The summed E-state index contributed by atoms with van der Waals surface area (Å²) in [7, 11) is 0. The standard InChI is InChI=1S/C9H17NO/c1-2-11-9-7-8-3-5-10(9)6-4-8/h8-9H,2-7H2,1H3. The van der Waals surface area contributed by atoms with E-state index in [9.17, 15) is 0 Å². The first-order valence-corrected chi connectivity index (χ1v) is 4.76. The zero-order valence-corrected chi connectivity index (χ0v) is 7.25. The highest BCUT2D eigenvalue weighted by Gasteiger charge is 2.33. The third kappa shape index (κ3) is 1.42. The van der Waals surface area contributed by atoms with Crippen LogP contribution < -0.4 is 0 Å². The maximum absolute atomic E-state index is 5.64. The van der Waals surface area contributed by atoms with E-state index >= 15 is 0 Å². The van der Waals surface area contributed by atoms with Gasteiger partial charge in [-0.25, -0.2) is 0 Å². The second kappa shape index (κ2) is 3.11. The van der Waals surface area contributed by atoms with Crippen molar-refractivity contribution in [3.8, 4) is 0 Å². The van der Waals surface area contributed by atoms with Gasteiger partial charge in [0.2, 0.25) is 0 Å². The lowest BCUT2D eigenvalue weighted by Gasteiger charge is -2.44. The van der Waals surface area contributed by atoms with E-state index in [1.807, 2.05) is 0 Å². The fraction of sp³-hybridized carbons (Fsp3) is 1.00. The van der Waals surface area contributed by atoms with Gasteiger partial charge < -0.3 is 4.74 Å². The molecule has 0 amide bonds. The van der Waals surface area contributed by atoms with E-state index in [1.54, 1.807) is 0 Å². The molecule has 0 aliphatic carbocycles. The van der Waals surface area contributed by atoms with Gasteiger partial charge >= 0.3 is 0 Å². The predicted octanol–water partition coefficient (Wildman–Crippen LogP) is 1.46. The lowest BCUT2D eigenvalue weighted by atomic mass is 9.87. The van der Waals surface area contributed by atoms with E-state index in [0.717, 1.165) is 12.5 Å². The van der Waals surface area contributed by atoms with E-state index in [1.165, 1.54) is 32.4 Å². The number of piperidine rings is 3. The molecule has 3 saturated heterocycles. The lowest BCUT2D eigenvalue weighted by molar-refractivity contribution is -0.116. The molecule has 0 aromatic heterocycles. The highest BCUT2D eigenvalue weighted by Crippen LogP contribution is 2.31. The van der Waals surface area contributed by atoms with Gasteiger partial charge in [0.15, 0.2) is 0 Å². The number of nitrogens with zero attached hydrogens (tertiary/aromatic N) is 1. The summed E-state index contributed by atoms with van der Waals surface area (Å²) in [6.07, 6.45) is 4.56. The largest absolute Gasteiger partial charge is 0.363 e. The maximum atomic E-state index is 5.64. The smallest absolute Gasteiger partial charge is 0.110 e. The molecule has 0 saturated carbocycles. The molecule has 2 heteroatoms. The fourth-order valence-electron chi connectivity index (χ4n) is 2.28. The second-order valence-corrected chi connectivity index (χ2v) is 3.63. The van der Waals surface area contributed by atoms with Crippen LogP contribution in [0.3, 0.4) is 0 Å². The Labute approximate surface area is 68.5 Å². The summed E-state index contributed by atoms with van der Waals surface area (Å²) in [4.78, 5) is 2.49. The second-order valence-electron chi connectivity index (χ2n) is 3.63. The summed E-state index contributed by atoms with van der Waals surface area (Å²) in [5.41, 5.74) is 0. The Balaban J connectivity index is 1.92. The van der Waals surface area contributed by atoms with Crippen LogP contribution in [0.5, 0.6) is 0 Å². The van der Waals surface area contributed by atoms with Crippen molar-refractivity contribution in [1.82, 2.24) is 4.90 Å². The third-order valence-electron chi connectivity index (χ3n) is 2.95. The Morgan fingerprint density at radius 3 is 2.55 bits per heavy atom. The molecule has 2 nitrogen and oxygen atoms in total. The van der Waals surface area contributed by atoms with Gasteiger partial charge in [-0.2, -0.15) is 0 Å². The van der Waals surface area contributed by atoms with Crippen LogP contribution in [0.1, 0.15) is 26.2 Å². The van der Waals surface area contributed by atoms with Crippen LogP contribution in [0.25, 0.3) is 0 Å². The van der Waals surface area contributed by atoms with Crippen molar-refractivity contribution in [3.05, 3.63) is 0 Å². The summed E-state index contributed by atoms with van der Waals surface area (Å²) in [5.74, 6) is 0.969. The minimum atomic E-state index is 0.465.